The zero-order chi connectivity index (χ0) is 36.6. The van der Waals surface area contributed by atoms with Crippen molar-refractivity contribution in [2.24, 2.45) is 29.1 Å². The average molecular weight is 706 g/mol. The number of fused-ring (bicyclic) bond motifs is 2. The van der Waals surface area contributed by atoms with Gasteiger partial charge in [-0.3, -0.25) is 14.4 Å². The van der Waals surface area contributed by atoms with Crippen molar-refractivity contribution in [3.8, 4) is 16.9 Å². The summed E-state index contributed by atoms with van der Waals surface area (Å²) in [6.07, 6.45) is 3.79. The highest BCUT2D eigenvalue weighted by atomic mass is 16.7. The van der Waals surface area contributed by atoms with Gasteiger partial charge in [-0.05, 0) is 86.1 Å². The first-order chi connectivity index (χ1) is 24.3. The molecule has 5 aliphatic rings. The Morgan fingerprint density at radius 2 is 1.96 bits per heavy atom. The van der Waals surface area contributed by atoms with Crippen LogP contribution in [-0.4, -0.2) is 98.3 Å². The number of hydrogen-bond donors (Lipinski definition) is 5. The molecule has 9 atom stereocenters. The number of amides is 2. The predicted octanol–water partition coefficient (Wildman–Crippen LogP) is 3.96. The van der Waals surface area contributed by atoms with Gasteiger partial charge >= 0.3 is 0 Å². The molecule has 11 nitrogen and oxygen atoms in total. The Morgan fingerprint density at radius 3 is 2.59 bits per heavy atom. The van der Waals surface area contributed by atoms with E-state index in [4.69, 9.17) is 9.57 Å². The Labute approximate surface area is 303 Å². The van der Waals surface area contributed by atoms with E-state index in [9.17, 15) is 19.8 Å². The summed E-state index contributed by atoms with van der Waals surface area (Å²) in [5, 5.41) is 32.8. The Hall–Kier alpha value is -3.22. The summed E-state index contributed by atoms with van der Waals surface area (Å²) in [5.41, 5.74) is 4.14. The monoisotopic (exact) mass is 705 g/mol. The first kappa shape index (κ1) is 37.5. The van der Waals surface area contributed by atoms with Gasteiger partial charge in [0.2, 0.25) is 5.91 Å². The summed E-state index contributed by atoms with van der Waals surface area (Å²) >= 11 is 0. The third kappa shape index (κ3) is 7.51. The van der Waals surface area contributed by atoms with Gasteiger partial charge in [0, 0.05) is 61.5 Å². The predicted molar refractivity (Wildman–Crippen MR) is 198 cm³/mol. The van der Waals surface area contributed by atoms with Crippen LogP contribution >= 0.6 is 0 Å². The second-order valence-corrected chi connectivity index (χ2v) is 16.2. The lowest BCUT2D eigenvalue weighted by molar-refractivity contribution is -0.183. The molecule has 0 spiro atoms. The second kappa shape index (κ2) is 15.4. The van der Waals surface area contributed by atoms with E-state index in [1.54, 1.807) is 19.0 Å². The minimum absolute atomic E-state index is 0.0441. The maximum Gasteiger partial charge on any atom is 0.251 e. The fraction of sp³-hybridized carbons (Fsp3) is 0.650. The topological polar surface area (TPSA) is 136 Å². The highest BCUT2D eigenvalue weighted by Crippen LogP contribution is 2.61. The second-order valence-electron chi connectivity index (χ2n) is 16.2. The number of hydroxylamine groups is 2. The van der Waals surface area contributed by atoms with Crippen LogP contribution in [0.5, 0.6) is 5.75 Å². The van der Waals surface area contributed by atoms with Crippen LogP contribution in [0.4, 0.5) is 5.69 Å². The number of aliphatic hydroxyl groups excluding tert-OH is 2. The SMILES string of the molecule is CNC(=O)c1cc(-c2cccc(CN3O[C@@H](CO)[C@@H](C(C)O)[C@H]3C(=O)N[C@H]3C[C@H]4C[C@@H]([C@@H]3C)C4(C)C)c2OCC2CCCCN2)cc(N(C)C)c1. The van der Waals surface area contributed by atoms with Gasteiger partial charge in [-0.25, -0.2) is 0 Å². The fourth-order valence-corrected chi connectivity index (χ4v) is 9.31. The van der Waals surface area contributed by atoms with Crippen molar-refractivity contribution in [1.29, 1.82) is 0 Å². The van der Waals surface area contributed by atoms with E-state index >= 15 is 0 Å². The summed E-state index contributed by atoms with van der Waals surface area (Å²) in [7, 11) is 5.51. The number of nitrogens with zero attached hydrogens (tertiary/aromatic N) is 2. The van der Waals surface area contributed by atoms with Crippen LogP contribution in [0, 0.1) is 29.1 Å². The summed E-state index contributed by atoms with van der Waals surface area (Å²) in [4.78, 5) is 35.5. The van der Waals surface area contributed by atoms with E-state index < -0.39 is 24.2 Å². The van der Waals surface area contributed by atoms with Gasteiger partial charge in [0.15, 0.2) is 0 Å². The molecule has 2 bridgehead atoms. The van der Waals surface area contributed by atoms with Gasteiger partial charge in [-0.15, -0.1) is 0 Å². The third-order valence-electron chi connectivity index (χ3n) is 12.6. The lowest BCUT2D eigenvalue weighted by Gasteiger charge is -2.62. The third-order valence-corrected chi connectivity index (χ3v) is 12.6. The van der Waals surface area contributed by atoms with Crippen molar-refractivity contribution >= 4 is 17.5 Å². The number of carbonyl (C=O) groups is 2. The van der Waals surface area contributed by atoms with Crippen LogP contribution in [0.3, 0.4) is 0 Å². The number of ether oxygens (including phenoxy) is 1. The molecule has 7 rings (SSSR count). The molecule has 2 aromatic rings. The van der Waals surface area contributed by atoms with Gasteiger partial charge in [-0.1, -0.05) is 45.4 Å². The van der Waals surface area contributed by atoms with Crippen LogP contribution in [0.15, 0.2) is 36.4 Å². The number of nitrogens with one attached hydrogen (secondary N) is 3. The molecule has 2 heterocycles. The van der Waals surface area contributed by atoms with Gasteiger partial charge in [0.1, 0.15) is 24.5 Å². The lowest BCUT2D eigenvalue weighted by atomic mass is 9.45. The highest BCUT2D eigenvalue weighted by molar-refractivity contribution is 5.97. The van der Waals surface area contributed by atoms with Crippen molar-refractivity contribution in [1.82, 2.24) is 21.0 Å². The Bertz CT molecular complexity index is 1560. The Balaban J connectivity index is 1.35. The number of carbonyl (C=O) groups excluding carboxylic acids is 2. The van der Waals surface area contributed by atoms with Crippen LogP contribution in [0.2, 0.25) is 0 Å². The molecule has 5 N–H and O–H groups in total. The number of anilines is 1. The number of hydrogen-bond acceptors (Lipinski definition) is 9. The average Bonchev–Trinajstić information content (AvgIpc) is 3.50. The lowest BCUT2D eigenvalue weighted by Crippen LogP contribution is -2.62. The summed E-state index contributed by atoms with van der Waals surface area (Å²) in [5.74, 6) is 1.12. The maximum absolute atomic E-state index is 14.3. The molecular formula is C40H59N5O6. The first-order valence-corrected chi connectivity index (χ1v) is 18.9. The van der Waals surface area contributed by atoms with Crippen LogP contribution in [0.25, 0.3) is 11.1 Å². The molecule has 5 fully saturated rings. The molecule has 2 aliphatic heterocycles. The molecule has 3 saturated carbocycles. The molecule has 51 heavy (non-hydrogen) atoms. The zero-order valence-corrected chi connectivity index (χ0v) is 31.4. The van der Waals surface area contributed by atoms with Crippen LogP contribution in [0.1, 0.15) is 75.7 Å². The molecule has 0 radical (unpaired) electrons. The maximum atomic E-state index is 14.3. The van der Waals surface area contributed by atoms with Crippen molar-refractivity contribution in [3.63, 3.8) is 0 Å². The van der Waals surface area contributed by atoms with E-state index in [0.717, 1.165) is 54.6 Å². The number of aliphatic hydroxyl groups is 2. The molecule has 2 saturated heterocycles. The zero-order valence-electron chi connectivity index (χ0n) is 31.4. The smallest absolute Gasteiger partial charge is 0.251 e. The molecular weight excluding hydrogens is 646 g/mol. The van der Waals surface area contributed by atoms with Crippen LogP contribution in [-0.2, 0) is 16.2 Å². The van der Waals surface area contributed by atoms with Crippen LogP contribution < -0.4 is 25.6 Å². The molecule has 280 valence electrons. The molecule has 3 aliphatic carbocycles. The number of para-hydroxylation sites is 1. The number of rotatable bonds is 12. The fourth-order valence-electron chi connectivity index (χ4n) is 9.31. The van der Waals surface area contributed by atoms with Gasteiger partial charge in [0.05, 0.1) is 19.3 Å². The van der Waals surface area contributed by atoms with E-state index in [1.807, 2.05) is 55.4 Å². The minimum Gasteiger partial charge on any atom is -0.491 e. The molecule has 2 amide bonds. The number of piperidine rings is 1. The summed E-state index contributed by atoms with van der Waals surface area (Å²) in [6.45, 7) is 9.86. The number of benzene rings is 2. The molecule has 11 heteroatoms. The summed E-state index contributed by atoms with van der Waals surface area (Å²) < 4.78 is 6.74. The standard InChI is InChI=1S/C40H59N5O6/c1-23-32-18-28(40(32,3)4)19-33(23)43-39(49)36-35(24(2)47)34(21-46)51-45(36)20-25-11-10-13-31(37(25)50-22-29-12-8-9-14-42-29)26-15-27(38(48)41-5)17-30(16-26)44(6)7/h10-11,13,15-17,23-24,28-29,32-36,42,46-47H,8-9,12,14,18-22H2,1-7H3,(H,41,48)(H,43,49)/t23-,24?,28+,29?,32-,33-,34-,35+,36-/m0/s1. The van der Waals surface area contributed by atoms with Gasteiger partial charge in [-0.2, -0.15) is 5.06 Å². The minimum atomic E-state index is -0.893. The van der Waals surface area contributed by atoms with E-state index in [1.165, 1.54) is 6.42 Å². The van der Waals surface area contributed by atoms with E-state index in [-0.39, 0.29) is 42.5 Å². The van der Waals surface area contributed by atoms with Crippen molar-refractivity contribution < 1.29 is 29.4 Å². The highest BCUT2D eigenvalue weighted by Gasteiger charge is 2.57. The van der Waals surface area contributed by atoms with Crippen molar-refractivity contribution in [3.05, 3.63) is 47.5 Å². The Kier molecular flexibility index (Phi) is 11.3. The van der Waals surface area contributed by atoms with Gasteiger partial charge < -0.3 is 35.8 Å². The van der Waals surface area contributed by atoms with Crippen molar-refractivity contribution in [2.75, 3.05) is 45.8 Å². The van der Waals surface area contributed by atoms with Crippen molar-refractivity contribution in [2.45, 2.75) is 96.7 Å². The molecule has 0 aromatic heterocycles. The van der Waals surface area contributed by atoms with E-state index in [0.29, 0.717) is 35.7 Å². The first-order valence-electron chi connectivity index (χ1n) is 18.9. The van der Waals surface area contributed by atoms with Gasteiger partial charge in [0.25, 0.3) is 5.91 Å². The molecule has 2 aromatic carbocycles. The Morgan fingerprint density at radius 1 is 1.18 bits per heavy atom. The summed E-state index contributed by atoms with van der Waals surface area (Å²) in [6, 6.07) is 11.1. The quantitative estimate of drug-likeness (QED) is 0.223. The normalized spacial score (nSPS) is 30.6. The molecule has 2 unspecified atom stereocenters. The van der Waals surface area contributed by atoms with E-state index in [2.05, 4.69) is 36.7 Å². The largest absolute Gasteiger partial charge is 0.491 e.